The summed E-state index contributed by atoms with van der Waals surface area (Å²) in [5.41, 5.74) is 1.13. The molecule has 2 saturated heterocycles. The average molecular weight is 465 g/mol. The zero-order valence-electron chi connectivity index (χ0n) is 17.5. The molecular formula is C21H35Cl2N3O2S. The van der Waals surface area contributed by atoms with Gasteiger partial charge >= 0.3 is 0 Å². The van der Waals surface area contributed by atoms with Crippen LogP contribution in [0.15, 0.2) is 6.07 Å². The maximum absolute atomic E-state index is 12.5. The van der Waals surface area contributed by atoms with Crippen LogP contribution in [0.1, 0.15) is 59.6 Å². The van der Waals surface area contributed by atoms with Crippen molar-refractivity contribution in [2.75, 3.05) is 39.3 Å². The van der Waals surface area contributed by atoms with E-state index in [1.165, 1.54) is 42.9 Å². The molecule has 4 heterocycles. The molecule has 0 bridgehead atoms. The van der Waals surface area contributed by atoms with Crippen LogP contribution in [0.3, 0.4) is 0 Å². The van der Waals surface area contributed by atoms with Gasteiger partial charge in [0.05, 0.1) is 17.1 Å². The van der Waals surface area contributed by atoms with E-state index in [0.29, 0.717) is 0 Å². The van der Waals surface area contributed by atoms with Crippen molar-refractivity contribution in [2.24, 2.45) is 5.92 Å². The van der Waals surface area contributed by atoms with Gasteiger partial charge < -0.3 is 20.3 Å². The summed E-state index contributed by atoms with van der Waals surface area (Å²) >= 11 is 1.67. The van der Waals surface area contributed by atoms with Crippen LogP contribution in [0.2, 0.25) is 0 Å². The van der Waals surface area contributed by atoms with Gasteiger partial charge in [-0.05, 0) is 70.2 Å². The van der Waals surface area contributed by atoms with Gasteiger partial charge in [0.25, 0.3) is 5.91 Å². The first-order chi connectivity index (χ1) is 13.1. The molecule has 3 aliphatic rings. The summed E-state index contributed by atoms with van der Waals surface area (Å²) < 4.78 is 6.38. The molecule has 2 fully saturated rings. The van der Waals surface area contributed by atoms with Gasteiger partial charge in [-0.3, -0.25) is 4.79 Å². The third-order valence-corrected chi connectivity index (χ3v) is 7.42. The molecule has 0 aliphatic carbocycles. The molecule has 0 aromatic carbocycles. The SMILES string of the molecule is CC(C)NC(=O)c1cc2c(s1)CCOC21CCN(CC2CCCNC2)CC1.Cl.Cl. The maximum Gasteiger partial charge on any atom is 0.261 e. The van der Waals surface area contributed by atoms with Gasteiger partial charge in [-0.25, -0.2) is 0 Å². The Labute approximate surface area is 191 Å². The van der Waals surface area contributed by atoms with Crippen molar-refractivity contribution in [3.8, 4) is 0 Å². The molecule has 1 spiro atoms. The fourth-order valence-corrected chi connectivity index (χ4v) is 5.95. The predicted molar refractivity (Wildman–Crippen MR) is 124 cm³/mol. The highest BCUT2D eigenvalue weighted by Gasteiger charge is 2.42. The monoisotopic (exact) mass is 463 g/mol. The summed E-state index contributed by atoms with van der Waals surface area (Å²) in [6, 6.07) is 2.29. The highest BCUT2D eigenvalue weighted by molar-refractivity contribution is 7.14. The van der Waals surface area contributed by atoms with E-state index in [1.54, 1.807) is 11.3 Å². The zero-order valence-corrected chi connectivity index (χ0v) is 19.9. The highest BCUT2D eigenvalue weighted by Crippen LogP contribution is 2.44. The lowest BCUT2D eigenvalue weighted by Gasteiger charge is -2.45. The lowest BCUT2D eigenvalue weighted by atomic mass is 9.82. The molecule has 8 heteroatoms. The van der Waals surface area contributed by atoms with Gasteiger partial charge in [-0.15, -0.1) is 36.2 Å². The summed E-state index contributed by atoms with van der Waals surface area (Å²) in [6.45, 7) is 10.6. The molecule has 1 aromatic rings. The topological polar surface area (TPSA) is 53.6 Å². The fourth-order valence-electron chi connectivity index (χ4n) is 4.82. The Balaban J connectivity index is 0.00000150. The second-order valence-corrected chi connectivity index (χ2v) is 9.82. The molecule has 4 rings (SSSR count). The van der Waals surface area contributed by atoms with E-state index in [1.807, 2.05) is 13.8 Å². The van der Waals surface area contributed by atoms with Gasteiger partial charge in [0.1, 0.15) is 0 Å². The van der Waals surface area contributed by atoms with Crippen LogP contribution in [-0.4, -0.2) is 56.2 Å². The van der Waals surface area contributed by atoms with E-state index in [0.717, 1.165) is 49.8 Å². The van der Waals surface area contributed by atoms with Crippen molar-refractivity contribution in [2.45, 2.75) is 57.6 Å². The van der Waals surface area contributed by atoms with Gasteiger partial charge in [0.2, 0.25) is 0 Å². The maximum atomic E-state index is 12.5. The van der Waals surface area contributed by atoms with E-state index in [4.69, 9.17) is 4.74 Å². The summed E-state index contributed by atoms with van der Waals surface area (Å²) in [7, 11) is 0. The van der Waals surface area contributed by atoms with Crippen molar-refractivity contribution in [1.29, 1.82) is 0 Å². The molecular weight excluding hydrogens is 429 g/mol. The number of carbonyl (C=O) groups is 1. The van der Waals surface area contributed by atoms with Crippen LogP contribution < -0.4 is 10.6 Å². The Bertz CT molecular complexity index is 669. The molecule has 1 unspecified atom stereocenters. The van der Waals surface area contributed by atoms with Crippen LogP contribution in [0.4, 0.5) is 0 Å². The summed E-state index contributed by atoms with van der Waals surface area (Å²) in [5, 5.41) is 6.56. The molecule has 2 N–H and O–H groups in total. The van der Waals surface area contributed by atoms with Crippen LogP contribution >= 0.6 is 36.2 Å². The summed E-state index contributed by atoms with van der Waals surface area (Å²) in [6.07, 6.45) is 5.69. The number of hydrogen-bond acceptors (Lipinski definition) is 5. The predicted octanol–water partition coefficient (Wildman–Crippen LogP) is 3.59. The van der Waals surface area contributed by atoms with Crippen LogP contribution in [0.5, 0.6) is 0 Å². The second-order valence-electron chi connectivity index (χ2n) is 8.68. The van der Waals surface area contributed by atoms with Crippen molar-refractivity contribution >= 4 is 42.1 Å². The number of fused-ring (bicyclic) bond motifs is 2. The Hall–Kier alpha value is -0.370. The van der Waals surface area contributed by atoms with E-state index in [2.05, 4.69) is 21.6 Å². The first kappa shape index (κ1) is 24.9. The second kappa shape index (κ2) is 10.8. The van der Waals surface area contributed by atoms with Crippen LogP contribution in [0.25, 0.3) is 0 Å². The molecule has 3 aliphatic heterocycles. The first-order valence-corrected chi connectivity index (χ1v) is 11.4. The Morgan fingerprint density at radius 2 is 2.14 bits per heavy atom. The molecule has 1 atom stereocenters. The fraction of sp³-hybridized carbons (Fsp3) is 0.762. The third-order valence-electron chi connectivity index (χ3n) is 6.23. The van der Waals surface area contributed by atoms with E-state index < -0.39 is 0 Å². The van der Waals surface area contributed by atoms with E-state index >= 15 is 0 Å². The average Bonchev–Trinajstić information content (AvgIpc) is 3.10. The number of halogens is 2. The molecule has 1 aromatic heterocycles. The van der Waals surface area contributed by atoms with Crippen LogP contribution in [0, 0.1) is 5.92 Å². The van der Waals surface area contributed by atoms with Crippen molar-refractivity contribution in [3.05, 3.63) is 21.4 Å². The van der Waals surface area contributed by atoms with E-state index in [-0.39, 0.29) is 42.4 Å². The van der Waals surface area contributed by atoms with Crippen molar-refractivity contribution in [3.63, 3.8) is 0 Å². The number of likely N-dealkylation sites (tertiary alicyclic amines) is 1. The zero-order chi connectivity index (χ0) is 18.9. The van der Waals surface area contributed by atoms with Crippen molar-refractivity contribution < 1.29 is 9.53 Å². The number of thiophene rings is 1. The third kappa shape index (κ3) is 5.66. The largest absolute Gasteiger partial charge is 0.370 e. The van der Waals surface area contributed by atoms with Crippen LogP contribution in [-0.2, 0) is 16.8 Å². The molecule has 5 nitrogen and oxygen atoms in total. The van der Waals surface area contributed by atoms with Gasteiger partial charge in [0, 0.05) is 37.0 Å². The smallest absolute Gasteiger partial charge is 0.261 e. The number of carbonyl (C=O) groups excluding carboxylic acids is 1. The lowest BCUT2D eigenvalue weighted by Crippen LogP contribution is -2.48. The Morgan fingerprint density at radius 3 is 2.79 bits per heavy atom. The summed E-state index contributed by atoms with van der Waals surface area (Å²) in [5.74, 6) is 0.852. The number of nitrogens with zero attached hydrogens (tertiary/aromatic N) is 1. The van der Waals surface area contributed by atoms with Crippen molar-refractivity contribution in [1.82, 2.24) is 15.5 Å². The summed E-state index contributed by atoms with van der Waals surface area (Å²) in [4.78, 5) is 17.3. The Kier molecular flexibility index (Phi) is 9.26. The molecule has 0 saturated carbocycles. The van der Waals surface area contributed by atoms with E-state index in [9.17, 15) is 4.79 Å². The van der Waals surface area contributed by atoms with Gasteiger partial charge in [-0.1, -0.05) is 0 Å². The number of amides is 1. The number of ether oxygens (including phenoxy) is 1. The molecule has 166 valence electrons. The minimum atomic E-state index is -0.165. The quantitative estimate of drug-likeness (QED) is 0.715. The lowest BCUT2D eigenvalue weighted by molar-refractivity contribution is -0.0985. The molecule has 29 heavy (non-hydrogen) atoms. The minimum absolute atomic E-state index is 0. The number of piperidine rings is 2. The standard InChI is InChI=1S/C21H33N3O2S.2ClH/c1-15(2)23-20(25)19-12-17-18(27-19)5-11-26-21(17)6-9-24(10-7-21)14-16-4-3-8-22-13-16;;/h12,15-16,22H,3-11,13-14H2,1-2H3,(H,23,25);2*1H. The highest BCUT2D eigenvalue weighted by atomic mass is 35.5. The van der Waals surface area contributed by atoms with Gasteiger partial charge in [0.15, 0.2) is 0 Å². The molecule has 0 radical (unpaired) electrons. The normalized spacial score (nSPS) is 23.8. The number of nitrogens with one attached hydrogen (secondary N) is 2. The first-order valence-electron chi connectivity index (χ1n) is 10.6. The van der Waals surface area contributed by atoms with Gasteiger partial charge in [-0.2, -0.15) is 0 Å². The minimum Gasteiger partial charge on any atom is -0.370 e. The molecule has 1 amide bonds. The number of hydrogen-bond donors (Lipinski definition) is 2. The number of rotatable bonds is 4. The Morgan fingerprint density at radius 1 is 1.38 bits per heavy atom.